The zero-order valence-electron chi connectivity index (χ0n) is 8.95. The molecule has 0 radical (unpaired) electrons. The Morgan fingerprint density at radius 1 is 1.60 bits per heavy atom. The zero-order chi connectivity index (χ0) is 11.0. The van der Waals surface area contributed by atoms with Crippen molar-refractivity contribution in [1.82, 2.24) is 20.0 Å². The monoisotopic (exact) mass is 209 g/mol. The van der Waals surface area contributed by atoms with Gasteiger partial charge >= 0.3 is 6.03 Å². The Bertz CT molecular complexity index is 384. The largest absolute Gasteiger partial charge is 0.382 e. The summed E-state index contributed by atoms with van der Waals surface area (Å²) in [5, 5.41) is 6.83. The number of nitrogens with one attached hydrogen (secondary N) is 1. The molecule has 0 spiro atoms. The van der Waals surface area contributed by atoms with Crippen LogP contribution in [0.25, 0.3) is 0 Å². The minimum atomic E-state index is 0.0150. The van der Waals surface area contributed by atoms with E-state index in [4.69, 9.17) is 5.73 Å². The minimum Gasteiger partial charge on any atom is -0.382 e. The number of aromatic amines is 1. The number of fused-ring (bicyclic) bond motifs is 1. The Morgan fingerprint density at radius 2 is 2.33 bits per heavy atom. The summed E-state index contributed by atoms with van der Waals surface area (Å²) in [5.41, 5.74) is 7.71. The molecule has 0 unspecified atom stereocenters. The average Bonchev–Trinajstić information content (AvgIpc) is 2.59. The predicted molar refractivity (Wildman–Crippen MR) is 56.2 cm³/mol. The lowest BCUT2D eigenvalue weighted by atomic mass is 10.1. The molecule has 1 aliphatic heterocycles. The highest BCUT2D eigenvalue weighted by Gasteiger charge is 2.24. The molecule has 0 saturated carbocycles. The summed E-state index contributed by atoms with van der Waals surface area (Å²) in [5.74, 6) is 0.501. The molecule has 3 N–H and O–H groups in total. The Kier molecular flexibility index (Phi) is 2.26. The summed E-state index contributed by atoms with van der Waals surface area (Å²) in [6, 6.07) is 0.0150. The minimum absolute atomic E-state index is 0.0150. The van der Waals surface area contributed by atoms with Crippen LogP contribution in [0.4, 0.5) is 10.6 Å². The van der Waals surface area contributed by atoms with E-state index in [2.05, 4.69) is 10.2 Å². The van der Waals surface area contributed by atoms with E-state index in [1.54, 1.807) is 23.9 Å². The molecule has 0 saturated heterocycles. The molecule has 1 aliphatic rings. The number of aromatic nitrogens is 2. The van der Waals surface area contributed by atoms with E-state index in [1.807, 2.05) is 0 Å². The van der Waals surface area contributed by atoms with Crippen LogP contribution in [0.5, 0.6) is 0 Å². The average molecular weight is 209 g/mol. The molecule has 1 aromatic heterocycles. The van der Waals surface area contributed by atoms with E-state index in [0.29, 0.717) is 18.9 Å². The van der Waals surface area contributed by atoms with Crippen molar-refractivity contribution in [2.45, 2.75) is 13.0 Å². The lowest BCUT2D eigenvalue weighted by Gasteiger charge is -2.29. The van der Waals surface area contributed by atoms with E-state index in [-0.39, 0.29) is 6.03 Å². The molecule has 1 aromatic rings. The number of rotatable bonds is 0. The van der Waals surface area contributed by atoms with Crippen LogP contribution in [0, 0.1) is 0 Å². The SMILES string of the molecule is CN(C)C(=O)N1CCc2[nH]nc(N)c2C1. The second-order valence-electron chi connectivity index (χ2n) is 3.91. The molecule has 0 aliphatic carbocycles. The van der Waals surface area contributed by atoms with Crippen LogP contribution >= 0.6 is 0 Å². The second-order valence-corrected chi connectivity index (χ2v) is 3.91. The van der Waals surface area contributed by atoms with Gasteiger partial charge in [0, 0.05) is 38.3 Å². The first-order chi connectivity index (χ1) is 7.09. The maximum atomic E-state index is 11.7. The van der Waals surface area contributed by atoms with Gasteiger partial charge in [-0.25, -0.2) is 4.79 Å². The van der Waals surface area contributed by atoms with Gasteiger partial charge in [0.15, 0.2) is 0 Å². The van der Waals surface area contributed by atoms with Crippen molar-refractivity contribution in [2.24, 2.45) is 0 Å². The van der Waals surface area contributed by atoms with Crippen molar-refractivity contribution < 1.29 is 4.79 Å². The number of anilines is 1. The molecule has 0 atom stereocenters. The highest BCUT2D eigenvalue weighted by atomic mass is 16.2. The fourth-order valence-electron chi connectivity index (χ4n) is 1.76. The summed E-state index contributed by atoms with van der Waals surface area (Å²) < 4.78 is 0. The molecular weight excluding hydrogens is 194 g/mol. The quantitative estimate of drug-likeness (QED) is 0.633. The molecule has 15 heavy (non-hydrogen) atoms. The molecule has 2 rings (SSSR count). The standard InChI is InChI=1S/C9H15N5O/c1-13(2)9(15)14-4-3-7-6(5-14)8(10)12-11-7/h3-5H2,1-2H3,(H3,10,11,12). The molecule has 82 valence electrons. The Hall–Kier alpha value is -1.72. The number of nitrogen functional groups attached to an aromatic ring is 1. The number of H-pyrrole nitrogens is 1. The molecule has 0 fully saturated rings. The van der Waals surface area contributed by atoms with Crippen molar-refractivity contribution in [3.05, 3.63) is 11.3 Å². The van der Waals surface area contributed by atoms with E-state index < -0.39 is 0 Å². The van der Waals surface area contributed by atoms with Gasteiger partial charge < -0.3 is 15.5 Å². The lowest BCUT2D eigenvalue weighted by molar-refractivity contribution is 0.165. The van der Waals surface area contributed by atoms with Crippen molar-refractivity contribution in [3.63, 3.8) is 0 Å². The van der Waals surface area contributed by atoms with Crippen LogP contribution in [-0.2, 0) is 13.0 Å². The third kappa shape index (κ3) is 1.62. The number of nitrogens with zero attached hydrogens (tertiary/aromatic N) is 3. The smallest absolute Gasteiger partial charge is 0.319 e. The third-order valence-corrected chi connectivity index (χ3v) is 2.62. The summed E-state index contributed by atoms with van der Waals surface area (Å²) in [6.07, 6.45) is 0.791. The molecule has 2 amide bonds. The van der Waals surface area contributed by atoms with E-state index >= 15 is 0 Å². The number of carbonyl (C=O) groups is 1. The molecule has 6 nitrogen and oxygen atoms in total. The molecule has 2 heterocycles. The van der Waals surface area contributed by atoms with Gasteiger partial charge in [0.1, 0.15) is 5.82 Å². The normalized spacial score (nSPS) is 14.9. The maximum absolute atomic E-state index is 11.7. The van der Waals surface area contributed by atoms with Crippen LogP contribution in [0.3, 0.4) is 0 Å². The first kappa shape index (κ1) is 9.82. The number of carbonyl (C=O) groups excluding carboxylic acids is 1. The lowest BCUT2D eigenvalue weighted by Crippen LogP contribution is -2.42. The highest BCUT2D eigenvalue weighted by molar-refractivity contribution is 5.74. The Morgan fingerprint density at radius 3 is 3.00 bits per heavy atom. The zero-order valence-corrected chi connectivity index (χ0v) is 8.95. The molecule has 0 aromatic carbocycles. The number of hydrogen-bond donors (Lipinski definition) is 2. The van der Waals surface area contributed by atoms with E-state index in [9.17, 15) is 4.79 Å². The van der Waals surface area contributed by atoms with Gasteiger partial charge in [-0.3, -0.25) is 5.10 Å². The number of hydrogen-bond acceptors (Lipinski definition) is 3. The van der Waals surface area contributed by atoms with Crippen molar-refractivity contribution in [1.29, 1.82) is 0 Å². The summed E-state index contributed by atoms with van der Waals surface area (Å²) in [7, 11) is 3.49. The topological polar surface area (TPSA) is 78.2 Å². The van der Waals surface area contributed by atoms with Gasteiger partial charge in [-0.05, 0) is 0 Å². The van der Waals surface area contributed by atoms with Crippen LogP contribution in [0.2, 0.25) is 0 Å². The van der Waals surface area contributed by atoms with Crippen LogP contribution in [0.15, 0.2) is 0 Å². The van der Waals surface area contributed by atoms with Gasteiger partial charge in [-0.15, -0.1) is 0 Å². The molecule has 6 heteroatoms. The second kappa shape index (κ2) is 3.45. The Labute approximate surface area is 88.0 Å². The first-order valence-electron chi connectivity index (χ1n) is 4.87. The first-order valence-corrected chi connectivity index (χ1v) is 4.87. The van der Waals surface area contributed by atoms with Gasteiger partial charge in [-0.2, -0.15) is 5.10 Å². The van der Waals surface area contributed by atoms with Gasteiger partial charge in [0.25, 0.3) is 0 Å². The van der Waals surface area contributed by atoms with Crippen LogP contribution in [-0.4, -0.2) is 46.7 Å². The maximum Gasteiger partial charge on any atom is 0.319 e. The fraction of sp³-hybridized carbons (Fsp3) is 0.556. The number of urea groups is 1. The van der Waals surface area contributed by atoms with Crippen LogP contribution < -0.4 is 5.73 Å². The van der Waals surface area contributed by atoms with Gasteiger partial charge in [-0.1, -0.05) is 0 Å². The van der Waals surface area contributed by atoms with Crippen LogP contribution in [0.1, 0.15) is 11.3 Å². The van der Waals surface area contributed by atoms with Crippen molar-refractivity contribution >= 4 is 11.8 Å². The van der Waals surface area contributed by atoms with E-state index in [0.717, 1.165) is 17.7 Å². The van der Waals surface area contributed by atoms with E-state index in [1.165, 1.54) is 0 Å². The van der Waals surface area contributed by atoms with Crippen molar-refractivity contribution in [3.8, 4) is 0 Å². The Balaban J connectivity index is 2.18. The number of amides is 2. The molecular formula is C9H15N5O. The van der Waals surface area contributed by atoms with Gasteiger partial charge in [0.05, 0.1) is 6.54 Å². The highest BCUT2D eigenvalue weighted by Crippen LogP contribution is 2.21. The third-order valence-electron chi connectivity index (χ3n) is 2.62. The number of nitrogens with two attached hydrogens (primary N) is 1. The van der Waals surface area contributed by atoms with Gasteiger partial charge in [0.2, 0.25) is 0 Å². The molecule has 0 bridgehead atoms. The predicted octanol–water partition coefficient (Wildman–Crippen LogP) is 0.0316. The summed E-state index contributed by atoms with van der Waals surface area (Å²) in [6.45, 7) is 1.26. The summed E-state index contributed by atoms with van der Waals surface area (Å²) >= 11 is 0. The van der Waals surface area contributed by atoms with Crippen molar-refractivity contribution in [2.75, 3.05) is 26.4 Å². The fourth-order valence-corrected chi connectivity index (χ4v) is 1.76. The summed E-state index contributed by atoms with van der Waals surface area (Å²) in [4.78, 5) is 15.1.